The van der Waals surface area contributed by atoms with Crippen LogP contribution < -0.4 is 4.74 Å². The van der Waals surface area contributed by atoms with Crippen molar-refractivity contribution in [2.75, 3.05) is 34.9 Å². The van der Waals surface area contributed by atoms with Gasteiger partial charge in [-0.05, 0) is 20.2 Å². The van der Waals surface area contributed by atoms with Crippen molar-refractivity contribution < 1.29 is 9.47 Å². The molecule has 11 heteroatoms. The van der Waals surface area contributed by atoms with Crippen LogP contribution in [0.4, 0.5) is 0 Å². The van der Waals surface area contributed by atoms with Crippen molar-refractivity contribution in [1.29, 1.82) is 0 Å². The summed E-state index contributed by atoms with van der Waals surface area (Å²) in [5.74, 6) is 1.68. The molecule has 0 saturated heterocycles. The quantitative estimate of drug-likeness (QED) is 0.463. The minimum atomic E-state index is -0.0593. The highest BCUT2D eigenvalue weighted by Gasteiger charge is 2.26. The van der Waals surface area contributed by atoms with Gasteiger partial charge in [-0.25, -0.2) is 4.98 Å². The molecule has 4 aromatic rings. The lowest BCUT2D eigenvalue weighted by Gasteiger charge is -2.20. The summed E-state index contributed by atoms with van der Waals surface area (Å²) >= 11 is 6.35. The summed E-state index contributed by atoms with van der Waals surface area (Å²) < 4.78 is 12.7. The molecule has 0 bridgehead atoms. The van der Waals surface area contributed by atoms with Crippen LogP contribution in [0.2, 0.25) is 5.02 Å². The van der Waals surface area contributed by atoms with Gasteiger partial charge >= 0.3 is 0 Å². The van der Waals surface area contributed by atoms with Gasteiger partial charge in [-0.15, -0.1) is 10.2 Å². The molecule has 0 radical (unpaired) electrons. The van der Waals surface area contributed by atoms with E-state index in [1.54, 1.807) is 20.4 Å². The van der Waals surface area contributed by atoms with E-state index in [1.807, 2.05) is 42.9 Å². The first-order chi connectivity index (χ1) is 14.5. The van der Waals surface area contributed by atoms with Crippen molar-refractivity contribution in [3.05, 3.63) is 29.3 Å². The van der Waals surface area contributed by atoms with Gasteiger partial charge in [0.15, 0.2) is 5.82 Å². The summed E-state index contributed by atoms with van der Waals surface area (Å²) in [6.07, 6.45) is 3.55. The molecule has 0 fully saturated rings. The number of fused-ring (bicyclic) bond motifs is 1. The molecule has 1 unspecified atom stereocenters. The first-order valence-electron chi connectivity index (χ1n) is 9.26. The summed E-state index contributed by atoms with van der Waals surface area (Å²) in [4.78, 5) is 10.0. The standard InChI is InChI=1S/C19H23ClN8O2/c1-27(2)13(9-29-4)17-24-18(26-25-17)16-14(10-7-21-22-8-10)15-12(28(16)3)6-11(20)19(23-15)30-5/h6-8,13H,9H2,1-5H3,(H,21,22)(H,24,25,26). The molecule has 0 spiro atoms. The fraction of sp³-hybridized carbons (Fsp3) is 0.368. The fourth-order valence-corrected chi connectivity index (χ4v) is 3.77. The number of aromatic nitrogens is 7. The minimum absolute atomic E-state index is 0.0593. The lowest BCUT2D eigenvalue weighted by Crippen LogP contribution is -2.25. The zero-order valence-corrected chi connectivity index (χ0v) is 18.2. The van der Waals surface area contributed by atoms with E-state index in [1.165, 1.54) is 0 Å². The monoisotopic (exact) mass is 430 g/mol. The van der Waals surface area contributed by atoms with E-state index in [9.17, 15) is 0 Å². The van der Waals surface area contributed by atoms with Crippen LogP contribution in [0.3, 0.4) is 0 Å². The molecule has 0 aliphatic rings. The van der Waals surface area contributed by atoms with E-state index >= 15 is 0 Å². The number of aromatic amines is 2. The van der Waals surface area contributed by atoms with Crippen LogP contribution in [0, 0.1) is 0 Å². The SMILES string of the molecule is COCC(c1nnc(-c2c(-c3cn[nH]c3)c3nc(OC)c(Cl)cc3n2C)[nH]1)N(C)C. The second-order valence-electron chi connectivity index (χ2n) is 7.11. The van der Waals surface area contributed by atoms with Gasteiger partial charge in [0, 0.05) is 31.5 Å². The highest BCUT2D eigenvalue weighted by atomic mass is 35.5. The summed E-state index contributed by atoms with van der Waals surface area (Å²) in [5, 5.41) is 16.2. The molecule has 4 aromatic heterocycles. The average Bonchev–Trinajstić information content (AvgIpc) is 3.45. The Morgan fingerprint density at radius 1 is 1.27 bits per heavy atom. The predicted molar refractivity (Wildman–Crippen MR) is 114 cm³/mol. The van der Waals surface area contributed by atoms with E-state index in [4.69, 9.17) is 21.1 Å². The van der Waals surface area contributed by atoms with Gasteiger partial charge in [0.25, 0.3) is 0 Å². The Bertz CT molecular complexity index is 1170. The van der Waals surface area contributed by atoms with Crippen molar-refractivity contribution in [3.8, 4) is 28.5 Å². The Labute approximate surface area is 178 Å². The van der Waals surface area contributed by atoms with Crippen molar-refractivity contribution in [1.82, 2.24) is 39.8 Å². The van der Waals surface area contributed by atoms with Crippen molar-refractivity contribution in [2.24, 2.45) is 7.05 Å². The summed E-state index contributed by atoms with van der Waals surface area (Å²) in [5.41, 5.74) is 4.11. The third kappa shape index (κ3) is 3.32. The third-order valence-corrected chi connectivity index (χ3v) is 5.34. The number of pyridine rings is 1. The van der Waals surface area contributed by atoms with Gasteiger partial charge in [-0.2, -0.15) is 5.10 Å². The first-order valence-corrected chi connectivity index (χ1v) is 9.64. The second kappa shape index (κ2) is 8.05. The van der Waals surface area contributed by atoms with Crippen LogP contribution >= 0.6 is 11.6 Å². The van der Waals surface area contributed by atoms with E-state index in [2.05, 4.69) is 30.4 Å². The molecular formula is C19H23ClN8O2. The van der Waals surface area contributed by atoms with Crippen LogP contribution in [0.15, 0.2) is 18.5 Å². The summed E-state index contributed by atoms with van der Waals surface area (Å²) in [6, 6.07) is 1.77. The molecule has 0 saturated carbocycles. The number of ether oxygens (including phenoxy) is 2. The van der Waals surface area contributed by atoms with Gasteiger partial charge in [0.2, 0.25) is 5.88 Å². The number of halogens is 1. The first kappa shape index (κ1) is 20.3. The number of nitrogens with one attached hydrogen (secondary N) is 2. The van der Waals surface area contributed by atoms with E-state index < -0.39 is 0 Å². The molecular weight excluding hydrogens is 408 g/mol. The number of rotatable bonds is 7. The smallest absolute Gasteiger partial charge is 0.233 e. The Morgan fingerprint density at radius 2 is 2.07 bits per heavy atom. The Balaban J connectivity index is 1.95. The highest BCUT2D eigenvalue weighted by molar-refractivity contribution is 6.32. The molecule has 4 rings (SSSR count). The number of aryl methyl sites for hydroxylation is 1. The van der Waals surface area contributed by atoms with Gasteiger partial charge in [0.1, 0.15) is 16.4 Å². The maximum atomic E-state index is 6.35. The maximum absolute atomic E-state index is 6.35. The Morgan fingerprint density at radius 3 is 2.70 bits per heavy atom. The predicted octanol–water partition coefficient (Wildman–Crippen LogP) is 2.66. The molecule has 0 aliphatic heterocycles. The zero-order chi connectivity index (χ0) is 21.4. The van der Waals surface area contributed by atoms with Crippen molar-refractivity contribution in [2.45, 2.75) is 6.04 Å². The largest absolute Gasteiger partial charge is 0.480 e. The van der Waals surface area contributed by atoms with Gasteiger partial charge in [0.05, 0.1) is 37.2 Å². The van der Waals surface area contributed by atoms with E-state index in [0.29, 0.717) is 29.2 Å². The van der Waals surface area contributed by atoms with Crippen LogP contribution in [0.1, 0.15) is 11.9 Å². The topological polar surface area (TPSA) is 110 Å². The van der Waals surface area contributed by atoms with Crippen LogP contribution in [-0.4, -0.2) is 74.8 Å². The molecule has 0 aromatic carbocycles. The Hall–Kier alpha value is -2.95. The number of methoxy groups -OCH3 is 2. The fourth-order valence-electron chi connectivity index (χ4n) is 3.55. The second-order valence-corrected chi connectivity index (χ2v) is 7.52. The van der Waals surface area contributed by atoms with Gasteiger partial charge in [-0.1, -0.05) is 11.6 Å². The summed E-state index contributed by atoms with van der Waals surface area (Å²) in [7, 11) is 9.08. The molecule has 0 aliphatic carbocycles. The third-order valence-electron chi connectivity index (χ3n) is 5.07. The van der Waals surface area contributed by atoms with Gasteiger partial charge in [-0.3, -0.25) is 10.00 Å². The molecule has 30 heavy (non-hydrogen) atoms. The van der Waals surface area contributed by atoms with Crippen molar-refractivity contribution in [3.63, 3.8) is 0 Å². The maximum Gasteiger partial charge on any atom is 0.233 e. The molecule has 0 amide bonds. The number of nitrogens with zero attached hydrogens (tertiary/aromatic N) is 6. The Kier molecular flexibility index (Phi) is 5.46. The molecule has 4 heterocycles. The number of likely N-dealkylation sites (N-methyl/N-ethyl adjacent to an activating group) is 1. The number of hydrogen-bond donors (Lipinski definition) is 2. The zero-order valence-electron chi connectivity index (χ0n) is 17.4. The number of hydrogen-bond acceptors (Lipinski definition) is 7. The molecule has 10 nitrogen and oxygen atoms in total. The number of H-pyrrole nitrogens is 2. The molecule has 1 atom stereocenters. The summed E-state index contributed by atoms with van der Waals surface area (Å²) in [6.45, 7) is 0.486. The van der Waals surface area contributed by atoms with E-state index in [0.717, 1.165) is 27.9 Å². The molecule has 2 N–H and O–H groups in total. The normalized spacial score (nSPS) is 12.8. The molecule has 158 valence electrons. The minimum Gasteiger partial charge on any atom is -0.480 e. The van der Waals surface area contributed by atoms with Crippen molar-refractivity contribution >= 4 is 22.6 Å². The van der Waals surface area contributed by atoms with Gasteiger partial charge < -0.3 is 19.0 Å². The average molecular weight is 431 g/mol. The lowest BCUT2D eigenvalue weighted by molar-refractivity contribution is 0.116. The van der Waals surface area contributed by atoms with Crippen LogP contribution in [0.25, 0.3) is 33.7 Å². The van der Waals surface area contributed by atoms with Crippen LogP contribution in [-0.2, 0) is 11.8 Å². The van der Waals surface area contributed by atoms with E-state index in [-0.39, 0.29) is 6.04 Å². The lowest BCUT2D eigenvalue weighted by atomic mass is 10.1. The highest BCUT2D eigenvalue weighted by Crippen LogP contribution is 2.40. The van der Waals surface area contributed by atoms with Crippen LogP contribution in [0.5, 0.6) is 5.88 Å².